The fraction of sp³-hybridized carbons (Fsp3) is 0.182. The summed E-state index contributed by atoms with van der Waals surface area (Å²) in [6.07, 6.45) is 3.45. The molecular formula is C22H21N5O2. The number of amides is 1. The van der Waals surface area contributed by atoms with Crippen LogP contribution >= 0.6 is 0 Å². The number of rotatable bonds is 3. The Hall–Kier alpha value is -3.74. The van der Waals surface area contributed by atoms with Gasteiger partial charge in [-0.2, -0.15) is 10.2 Å². The molecule has 1 aliphatic rings. The predicted molar refractivity (Wildman–Crippen MR) is 114 cm³/mol. The van der Waals surface area contributed by atoms with E-state index < -0.39 is 5.91 Å². The number of para-hydroxylation sites is 1. The molecule has 4 rings (SSSR count). The average molecular weight is 387 g/mol. The van der Waals surface area contributed by atoms with E-state index in [-0.39, 0.29) is 16.7 Å². The van der Waals surface area contributed by atoms with Crippen molar-refractivity contribution in [1.29, 1.82) is 0 Å². The highest BCUT2D eigenvalue weighted by Crippen LogP contribution is 2.46. The maximum absolute atomic E-state index is 12.5. The first-order chi connectivity index (χ1) is 13.9. The number of hydrogen-bond acceptors (Lipinski definition) is 5. The number of carbonyl (C=O) groups excluding carboxylic acids is 1. The number of nitrogens with one attached hydrogen (secondary N) is 2. The Balaban J connectivity index is 1.56. The molecule has 0 unspecified atom stereocenters. The molecule has 2 aromatic carbocycles. The summed E-state index contributed by atoms with van der Waals surface area (Å²) in [5, 5.41) is 11.2. The molecule has 0 aliphatic carbocycles. The van der Waals surface area contributed by atoms with Gasteiger partial charge in [0.15, 0.2) is 5.69 Å². The number of nitrogens with zero attached hydrogens (tertiary/aromatic N) is 3. The van der Waals surface area contributed by atoms with Crippen molar-refractivity contribution in [3.8, 4) is 0 Å². The molecule has 0 saturated heterocycles. The second-order valence-corrected chi connectivity index (χ2v) is 7.42. The molecule has 0 spiro atoms. The monoisotopic (exact) mass is 387 g/mol. The van der Waals surface area contributed by atoms with Crippen LogP contribution in [0.5, 0.6) is 0 Å². The van der Waals surface area contributed by atoms with Gasteiger partial charge in [-0.15, -0.1) is 0 Å². The molecule has 2 N–H and O–H groups in total. The number of H-pyrrole nitrogens is 1. The molecule has 0 radical (unpaired) electrons. The second kappa shape index (κ2) is 7.01. The lowest BCUT2D eigenvalue weighted by Crippen LogP contribution is -2.24. The van der Waals surface area contributed by atoms with Crippen LogP contribution in [0.3, 0.4) is 0 Å². The first-order valence-electron chi connectivity index (χ1n) is 9.26. The van der Waals surface area contributed by atoms with Gasteiger partial charge in [0.2, 0.25) is 0 Å². The minimum atomic E-state index is -0.491. The zero-order valence-electron chi connectivity index (χ0n) is 16.4. The number of likely N-dealkylation sites (N-methyl/N-ethyl adjacent to an activating group) is 1. The summed E-state index contributed by atoms with van der Waals surface area (Å²) >= 11 is 0. The summed E-state index contributed by atoms with van der Waals surface area (Å²) in [6, 6.07) is 15.1. The maximum Gasteiger partial charge on any atom is 0.292 e. The second-order valence-electron chi connectivity index (χ2n) is 7.42. The van der Waals surface area contributed by atoms with Crippen LogP contribution < -0.4 is 15.9 Å². The molecule has 29 heavy (non-hydrogen) atoms. The van der Waals surface area contributed by atoms with Crippen molar-refractivity contribution < 1.29 is 4.79 Å². The number of anilines is 1. The van der Waals surface area contributed by atoms with E-state index in [9.17, 15) is 9.59 Å². The van der Waals surface area contributed by atoms with Gasteiger partial charge in [-0.05, 0) is 23.8 Å². The summed E-state index contributed by atoms with van der Waals surface area (Å²) < 4.78 is 0. The van der Waals surface area contributed by atoms with Crippen LogP contribution in [-0.4, -0.2) is 29.4 Å². The zero-order chi connectivity index (χ0) is 20.6. The van der Waals surface area contributed by atoms with Crippen LogP contribution in [0.2, 0.25) is 0 Å². The van der Waals surface area contributed by atoms with Crippen molar-refractivity contribution in [3.05, 3.63) is 81.9 Å². The lowest BCUT2D eigenvalue weighted by molar-refractivity contribution is 0.0951. The van der Waals surface area contributed by atoms with Gasteiger partial charge in [-0.3, -0.25) is 9.59 Å². The lowest BCUT2D eigenvalue weighted by Gasteiger charge is -2.23. The van der Waals surface area contributed by atoms with Crippen LogP contribution in [0.4, 0.5) is 5.69 Å². The van der Waals surface area contributed by atoms with Crippen LogP contribution in [0.15, 0.2) is 70.2 Å². The fourth-order valence-corrected chi connectivity index (χ4v) is 3.85. The number of aromatic nitrogens is 2. The molecule has 1 amide bonds. The molecule has 0 bridgehead atoms. The molecule has 3 aromatic rings. The van der Waals surface area contributed by atoms with E-state index in [1.807, 2.05) is 25.3 Å². The number of fused-ring (bicyclic) bond motifs is 2. The van der Waals surface area contributed by atoms with Crippen molar-refractivity contribution in [3.63, 3.8) is 0 Å². The third kappa shape index (κ3) is 3.10. The van der Waals surface area contributed by atoms with Crippen molar-refractivity contribution in [1.82, 2.24) is 15.6 Å². The van der Waals surface area contributed by atoms with Gasteiger partial charge in [0.25, 0.3) is 11.5 Å². The van der Waals surface area contributed by atoms with Crippen LogP contribution in [0.25, 0.3) is 10.8 Å². The molecule has 146 valence electrons. The van der Waals surface area contributed by atoms with Crippen LogP contribution in [-0.2, 0) is 5.41 Å². The third-order valence-electron chi connectivity index (χ3n) is 5.32. The Morgan fingerprint density at radius 2 is 1.83 bits per heavy atom. The molecule has 0 fully saturated rings. The Kier molecular flexibility index (Phi) is 4.50. The van der Waals surface area contributed by atoms with Crippen LogP contribution in [0.1, 0.15) is 29.9 Å². The molecule has 7 nitrogen and oxygen atoms in total. The van der Waals surface area contributed by atoms with Gasteiger partial charge in [0, 0.05) is 35.4 Å². The number of hydrazone groups is 1. The number of aromatic amines is 1. The Morgan fingerprint density at radius 3 is 2.59 bits per heavy atom. The third-order valence-corrected chi connectivity index (χ3v) is 5.32. The standard InChI is InChI=1S/C22H21N5O2/c1-22(2)16-10-6-7-11-17(16)27(3)18(22)12-13-23-25-21(29)19-14-8-4-5-9-15(14)20(28)26-24-19/h4-13H,1-3H3,(H,25,29)(H,26,28)/b18-12-,23-13+. The van der Waals surface area contributed by atoms with E-state index in [1.165, 1.54) is 5.56 Å². The number of hydrogen-bond donors (Lipinski definition) is 2. The minimum Gasteiger partial charge on any atom is -0.347 e. The van der Waals surface area contributed by atoms with Gasteiger partial charge in [-0.1, -0.05) is 50.2 Å². The first kappa shape index (κ1) is 18.6. The van der Waals surface area contributed by atoms with Gasteiger partial charge < -0.3 is 4.90 Å². The number of benzene rings is 2. The molecule has 2 heterocycles. The highest BCUT2D eigenvalue weighted by atomic mass is 16.2. The summed E-state index contributed by atoms with van der Waals surface area (Å²) in [5.74, 6) is -0.491. The molecule has 1 aromatic heterocycles. The van der Waals surface area contributed by atoms with E-state index >= 15 is 0 Å². The Labute approximate surface area is 167 Å². The summed E-state index contributed by atoms with van der Waals surface area (Å²) in [4.78, 5) is 26.5. The van der Waals surface area contributed by atoms with Gasteiger partial charge in [-0.25, -0.2) is 10.5 Å². The van der Waals surface area contributed by atoms with Gasteiger partial charge in [0.1, 0.15) is 0 Å². The summed E-state index contributed by atoms with van der Waals surface area (Å²) in [6.45, 7) is 4.31. The molecular weight excluding hydrogens is 366 g/mol. The normalized spacial score (nSPS) is 16.5. The topological polar surface area (TPSA) is 90.4 Å². The predicted octanol–water partition coefficient (Wildman–Crippen LogP) is 2.95. The lowest BCUT2D eigenvalue weighted by atomic mass is 9.84. The van der Waals surface area contributed by atoms with Gasteiger partial charge >= 0.3 is 0 Å². The highest BCUT2D eigenvalue weighted by Gasteiger charge is 2.37. The van der Waals surface area contributed by atoms with Crippen molar-refractivity contribution in [2.45, 2.75) is 19.3 Å². The molecule has 0 saturated carbocycles. The van der Waals surface area contributed by atoms with Crippen molar-refractivity contribution in [2.24, 2.45) is 5.10 Å². The van der Waals surface area contributed by atoms with E-state index in [0.717, 1.165) is 11.4 Å². The molecule has 1 aliphatic heterocycles. The van der Waals surface area contributed by atoms with E-state index in [2.05, 4.69) is 51.6 Å². The highest BCUT2D eigenvalue weighted by molar-refractivity contribution is 6.04. The minimum absolute atomic E-state index is 0.121. The zero-order valence-corrected chi connectivity index (χ0v) is 16.4. The van der Waals surface area contributed by atoms with Crippen LogP contribution in [0, 0.1) is 0 Å². The van der Waals surface area contributed by atoms with E-state index in [1.54, 1.807) is 30.5 Å². The summed E-state index contributed by atoms with van der Waals surface area (Å²) in [5.41, 5.74) is 5.57. The quantitative estimate of drug-likeness (QED) is 0.534. The Bertz CT molecular complexity index is 1220. The maximum atomic E-state index is 12.5. The summed E-state index contributed by atoms with van der Waals surface area (Å²) in [7, 11) is 2.02. The Morgan fingerprint density at radius 1 is 1.14 bits per heavy atom. The van der Waals surface area contributed by atoms with Crippen molar-refractivity contribution >= 4 is 28.6 Å². The van der Waals surface area contributed by atoms with Gasteiger partial charge in [0.05, 0.1) is 5.39 Å². The molecule has 7 heteroatoms. The average Bonchev–Trinajstić information content (AvgIpc) is 2.92. The number of carbonyl (C=O) groups is 1. The van der Waals surface area contributed by atoms with E-state index in [0.29, 0.717) is 10.8 Å². The SMILES string of the molecule is CN1/C(=C\C=N\NC(=O)c2n[nH]c(=O)c3ccccc23)C(C)(C)c2ccccc21. The molecule has 0 atom stereocenters. The largest absolute Gasteiger partial charge is 0.347 e. The van der Waals surface area contributed by atoms with E-state index in [4.69, 9.17) is 0 Å². The first-order valence-corrected chi connectivity index (χ1v) is 9.26. The smallest absolute Gasteiger partial charge is 0.292 e. The van der Waals surface area contributed by atoms with Crippen molar-refractivity contribution in [2.75, 3.05) is 11.9 Å². The fourth-order valence-electron chi connectivity index (χ4n) is 3.85. The number of allylic oxidation sites excluding steroid dienone is 2.